The van der Waals surface area contributed by atoms with Crippen LogP contribution in [0.25, 0.3) is 0 Å². The van der Waals surface area contributed by atoms with E-state index in [1.165, 1.54) is 12.8 Å². The summed E-state index contributed by atoms with van der Waals surface area (Å²) in [6.07, 6.45) is 8.50. The number of unbranched alkanes of at least 4 members (excludes halogenated alkanes) is 1. The molecule has 4 rings (SSSR count). The van der Waals surface area contributed by atoms with Crippen molar-refractivity contribution < 1.29 is 9.47 Å². The summed E-state index contributed by atoms with van der Waals surface area (Å²) in [5.41, 5.74) is 2.30. The Morgan fingerprint density at radius 2 is 1.73 bits per heavy atom. The van der Waals surface area contributed by atoms with Crippen LogP contribution >= 0.6 is 0 Å². The molecule has 0 aromatic carbocycles. The van der Waals surface area contributed by atoms with Crippen LogP contribution in [0.3, 0.4) is 0 Å². The first kappa shape index (κ1) is 20.8. The quantitative estimate of drug-likeness (QED) is 0.588. The Kier molecular flexibility index (Phi) is 7.34. The van der Waals surface area contributed by atoms with E-state index in [1.807, 2.05) is 19.1 Å². The molecule has 0 N–H and O–H groups in total. The summed E-state index contributed by atoms with van der Waals surface area (Å²) < 4.78 is 11.4. The zero-order valence-corrected chi connectivity index (χ0v) is 18.1. The summed E-state index contributed by atoms with van der Waals surface area (Å²) in [7, 11) is 0. The summed E-state index contributed by atoms with van der Waals surface area (Å²) in [6.45, 7) is 8.59. The van der Waals surface area contributed by atoms with Gasteiger partial charge in [-0.1, -0.05) is 6.07 Å². The van der Waals surface area contributed by atoms with Crippen molar-refractivity contribution in [2.24, 2.45) is 0 Å². The van der Waals surface area contributed by atoms with Gasteiger partial charge >= 0.3 is 0 Å². The van der Waals surface area contributed by atoms with Gasteiger partial charge in [0.2, 0.25) is 11.8 Å². The first-order chi connectivity index (χ1) is 14.8. The smallest absolute Gasteiger partial charge is 0.232 e. The lowest BCUT2D eigenvalue weighted by Crippen LogP contribution is -2.47. The third-order valence-electron chi connectivity index (χ3n) is 5.80. The zero-order chi connectivity index (χ0) is 20.6. The molecule has 0 radical (unpaired) electrons. The molecule has 2 aromatic rings. The molecule has 7 heteroatoms. The number of rotatable bonds is 9. The van der Waals surface area contributed by atoms with E-state index in [9.17, 15) is 0 Å². The molecule has 0 spiro atoms. The lowest BCUT2D eigenvalue weighted by molar-refractivity contribution is 0.235. The first-order valence-electron chi connectivity index (χ1n) is 11.4. The number of ether oxygens (including phenoxy) is 2. The Bertz CT molecular complexity index is 808. The van der Waals surface area contributed by atoms with Crippen LogP contribution in [-0.4, -0.2) is 65.8 Å². The van der Waals surface area contributed by atoms with Gasteiger partial charge in [-0.2, -0.15) is 4.98 Å². The average Bonchev–Trinajstić information content (AvgIpc) is 2.80. The number of hydrogen-bond acceptors (Lipinski definition) is 7. The molecule has 1 aliphatic heterocycles. The summed E-state index contributed by atoms with van der Waals surface area (Å²) in [5, 5.41) is 0. The molecular weight excluding hydrogens is 378 g/mol. The van der Waals surface area contributed by atoms with E-state index in [-0.39, 0.29) is 0 Å². The van der Waals surface area contributed by atoms with E-state index in [0.29, 0.717) is 25.0 Å². The monoisotopic (exact) mass is 411 g/mol. The molecule has 7 nitrogen and oxygen atoms in total. The van der Waals surface area contributed by atoms with Crippen LogP contribution in [0.4, 0.5) is 5.82 Å². The van der Waals surface area contributed by atoms with E-state index in [0.717, 1.165) is 75.6 Å². The zero-order valence-electron chi connectivity index (χ0n) is 18.1. The molecule has 162 valence electrons. The Morgan fingerprint density at radius 1 is 0.900 bits per heavy atom. The highest BCUT2D eigenvalue weighted by molar-refractivity contribution is 5.41. The van der Waals surface area contributed by atoms with Crippen LogP contribution < -0.4 is 14.4 Å². The SMILES string of the molecule is CCOc1cccc(N2CCN(CCCCOc3cnc4c(n3)CCCC4)CC2)n1. The number of anilines is 1. The maximum atomic E-state index is 5.85. The van der Waals surface area contributed by atoms with E-state index in [2.05, 4.69) is 30.8 Å². The minimum absolute atomic E-state index is 0.646. The van der Waals surface area contributed by atoms with E-state index >= 15 is 0 Å². The highest BCUT2D eigenvalue weighted by atomic mass is 16.5. The molecule has 2 aliphatic rings. The highest BCUT2D eigenvalue weighted by Gasteiger charge is 2.18. The Morgan fingerprint density at radius 3 is 2.57 bits per heavy atom. The average molecular weight is 412 g/mol. The van der Waals surface area contributed by atoms with Crippen LogP contribution in [0, 0.1) is 0 Å². The third-order valence-corrected chi connectivity index (χ3v) is 5.80. The molecule has 0 unspecified atom stereocenters. The minimum atomic E-state index is 0.646. The standard InChI is InChI=1S/C23H33N5O2/c1-2-29-22-11-7-10-21(26-22)28-15-13-27(14-16-28)12-5-6-17-30-23-18-24-19-8-3-4-9-20(19)25-23/h7,10-11,18H,2-6,8-9,12-17H2,1H3. The van der Waals surface area contributed by atoms with Crippen molar-refractivity contribution in [2.45, 2.75) is 45.4 Å². The second-order valence-electron chi connectivity index (χ2n) is 7.96. The number of fused-ring (bicyclic) bond motifs is 1. The van der Waals surface area contributed by atoms with E-state index in [4.69, 9.17) is 9.47 Å². The maximum absolute atomic E-state index is 5.85. The van der Waals surface area contributed by atoms with E-state index in [1.54, 1.807) is 6.20 Å². The number of piperazine rings is 1. The predicted octanol–water partition coefficient (Wildman–Crippen LogP) is 3.13. The molecule has 0 bridgehead atoms. The molecule has 0 atom stereocenters. The van der Waals surface area contributed by atoms with Gasteiger partial charge in [-0.3, -0.25) is 9.88 Å². The van der Waals surface area contributed by atoms with Gasteiger partial charge in [-0.05, 0) is 58.1 Å². The van der Waals surface area contributed by atoms with E-state index < -0.39 is 0 Å². The minimum Gasteiger partial charge on any atom is -0.478 e. The molecule has 1 aliphatic carbocycles. The van der Waals surface area contributed by atoms with Crippen molar-refractivity contribution >= 4 is 5.82 Å². The van der Waals surface area contributed by atoms with Gasteiger partial charge in [0.25, 0.3) is 0 Å². The van der Waals surface area contributed by atoms with Crippen LogP contribution in [0.5, 0.6) is 11.8 Å². The molecule has 0 amide bonds. The van der Waals surface area contributed by atoms with Crippen molar-refractivity contribution in [3.8, 4) is 11.8 Å². The van der Waals surface area contributed by atoms with Crippen molar-refractivity contribution in [3.05, 3.63) is 35.8 Å². The fourth-order valence-corrected chi connectivity index (χ4v) is 4.12. The van der Waals surface area contributed by atoms with Crippen LogP contribution in [-0.2, 0) is 12.8 Å². The molecule has 1 saturated heterocycles. The number of aromatic nitrogens is 3. The second kappa shape index (κ2) is 10.6. The van der Waals surface area contributed by atoms with Gasteiger partial charge in [0.15, 0.2) is 0 Å². The third kappa shape index (κ3) is 5.59. The summed E-state index contributed by atoms with van der Waals surface area (Å²) in [4.78, 5) is 18.7. The Balaban J connectivity index is 1.13. The van der Waals surface area contributed by atoms with Crippen LogP contribution in [0.15, 0.2) is 24.4 Å². The van der Waals surface area contributed by atoms with Gasteiger partial charge in [0, 0.05) is 32.2 Å². The molecule has 0 saturated carbocycles. The van der Waals surface area contributed by atoms with Gasteiger partial charge in [-0.15, -0.1) is 0 Å². The Labute approximate surface area is 179 Å². The van der Waals surface area contributed by atoms with Crippen LogP contribution in [0.2, 0.25) is 0 Å². The van der Waals surface area contributed by atoms with Gasteiger partial charge in [0.05, 0.1) is 30.8 Å². The van der Waals surface area contributed by atoms with Gasteiger partial charge < -0.3 is 14.4 Å². The highest BCUT2D eigenvalue weighted by Crippen LogP contribution is 2.20. The normalized spacial score (nSPS) is 16.9. The maximum Gasteiger partial charge on any atom is 0.232 e. The first-order valence-corrected chi connectivity index (χ1v) is 11.4. The lowest BCUT2D eigenvalue weighted by atomic mass is 10.0. The largest absolute Gasteiger partial charge is 0.478 e. The molecule has 2 aromatic heterocycles. The van der Waals surface area contributed by atoms with Crippen molar-refractivity contribution in [3.63, 3.8) is 0 Å². The lowest BCUT2D eigenvalue weighted by Gasteiger charge is -2.35. The van der Waals surface area contributed by atoms with Gasteiger partial charge in [-0.25, -0.2) is 4.98 Å². The molecular formula is C23H33N5O2. The summed E-state index contributed by atoms with van der Waals surface area (Å²) >= 11 is 0. The van der Waals surface area contributed by atoms with Crippen molar-refractivity contribution in [1.82, 2.24) is 19.9 Å². The summed E-state index contributed by atoms with van der Waals surface area (Å²) in [5.74, 6) is 2.41. The topological polar surface area (TPSA) is 63.6 Å². The summed E-state index contributed by atoms with van der Waals surface area (Å²) in [6, 6.07) is 6.01. The fourth-order valence-electron chi connectivity index (χ4n) is 4.12. The van der Waals surface area contributed by atoms with Crippen molar-refractivity contribution in [2.75, 3.05) is 50.8 Å². The number of aryl methyl sites for hydroxylation is 2. The van der Waals surface area contributed by atoms with Gasteiger partial charge in [0.1, 0.15) is 5.82 Å². The number of nitrogens with zero attached hydrogens (tertiary/aromatic N) is 5. The molecule has 1 fully saturated rings. The number of pyridine rings is 1. The Hall–Kier alpha value is -2.41. The second-order valence-corrected chi connectivity index (χ2v) is 7.96. The fraction of sp³-hybridized carbons (Fsp3) is 0.609. The van der Waals surface area contributed by atoms with Crippen LogP contribution in [0.1, 0.15) is 44.0 Å². The predicted molar refractivity (Wildman–Crippen MR) is 117 cm³/mol. The molecule has 3 heterocycles. The number of hydrogen-bond donors (Lipinski definition) is 0. The molecule has 30 heavy (non-hydrogen) atoms. The van der Waals surface area contributed by atoms with Crippen molar-refractivity contribution in [1.29, 1.82) is 0 Å².